The largest absolute Gasteiger partial charge is 0.240 e. The van der Waals surface area contributed by atoms with Crippen molar-refractivity contribution in [2.75, 3.05) is 0 Å². The van der Waals surface area contributed by atoms with Gasteiger partial charge in [-0.05, 0) is 50.5 Å². The van der Waals surface area contributed by atoms with Crippen LogP contribution in [-0.4, -0.2) is 19.7 Å². The van der Waals surface area contributed by atoms with Crippen molar-refractivity contribution in [3.8, 4) is 0 Å². The third kappa shape index (κ3) is 5.59. The van der Waals surface area contributed by atoms with E-state index in [0.717, 1.165) is 31.2 Å². The second-order valence-electron chi connectivity index (χ2n) is 7.45. The molecule has 146 valence electrons. The van der Waals surface area contributed by atoms with Gasteiger partial charge in [0, 0.05) is 16.2 Å². The van der Waals surface area contributed by atoms with E-state index in [4.69, 9.17) is 0 Å². The summed E-state index contributed by atoms with van der Waals surface area (Å²) in [5.41, 5.74) is 2.32. The first-order valence-electron chi connectivity index (χ1n) is 9.77. The highest BCUT2D eigenvalue weighted by molar-refractivity contribution is 8.00. The van der Waals surface area contributed by atoms with Crippen LogP contribution in [0.2, 0.25) is 0 Å². The molecule has 0 aromatic heterocycles. The van der Waals surface area contributed by atoms with Gasteiger partial charge in [-0.25, -0.2) is 13.1 Å². The molecule has 0 spiro atoms. The first-order valence-corrected chi connectivity index (χ1v) is 12.1. The summed E-state index contributed by atoms with van der Waals surface area (Å²) < 4.78 is 28.9. The Morgan fingerprint density at radius 3 is 2.26 bits per heavy atom. The van der Waals surface area contributed by atoms with Gasteiger partial charge in [-0.3, -0.25) is 0 Å². The van der Waals surface area contributed by atoms with E-state index in [1.807, 2.05) is 30.8 Å². The number of hydrogen-bond acceptors (Lipinski definition) is 3. The maximum absolute atomic E-state index is 13.0. The SMILES string of the molecule is Cc1ccc(S(=O)(=O)N[C@@H]2CCCCCC[C@H]2Sc2ccccc2C)cc1. The third-order valence-corrected chi connectivity index (χ3v) is 8.30. The first kappa shape index (κ1) is 20.4. The second kappa shape index (κ2) is 9.26. The number of rotatable bonds is 5. The van der Waals surface area contributed by atoms with Gasteiger partial charge in [0.05, 0.1) is 4.90 Å². The molecule has 0 amide bonds. The molecular formula is C22H29NO2S2. The molecule has 1 fully saturated rings. The van der Waals surface area contributed by atoms with Crippen molar-refractivity contribution in [3.05, 3.63) is 59.7 Å². The van der Waals surface area contributed by atoms with Crippen LogP contribution in [0.25, 0.3) is 0 Å². The zero-order chi connectivity index (χ0) is 19.3. The highest BCUT2D eigenvalue weighted by Gasteiger charge is 2.28. The lowest BCUT2D eigenvalue weighted by Gasteiger charge is -2.30. The summed E-state index contributed by atoms with van der Waals surface area (Å²) in [7, 11) is -3.50. The van der Waals surface area contributed by atoms with E-state index in [1.54, 1.807) is 12.1 Å². The van der Waals surface area contributed by atoms with E-state index < -0.39 is 10.0 Å². The number of benzene rings is 2. The molecule has 1 aliphatic carbocycles. The van der Waals surface area contributed by atoms with Crippen molar-refractivity contribution in [3.63, 3.8) is 0 Å². The molecular weight excluding hydrogens is 374 g/mol. The summed E-state index contributed by atoms with van der Waals surface area (Å²) >= 11 is 1.83. The fraction of sp³-hybridized carbons (Fsp3) is 0.455. The molecule has 1 saturated carbocycles. The van der Waals surface area contributed by atoms with Crippen molar-refractivity contribution in [1.82, 2.24) is 4.72 Å². The Bertz CT molecular complexity index is 847. The van der Waals surface area contributed by atoms with E-state index >= 15 is 0 Å². The topological polar surface area (TPSA) is 46.2 Å². The quantitative estimate of drug-likeness (QED) is 0.720. The van der Waals surface area contributed by atoms with Crippen LogP contribution in [0.4, 0.5) is 0 Å². The second-order valence-corrected chi connectivity index (χ2v) is 10.4. The zero-order valence-electron chi connectivity index (χ0n) is 16.1. The summed E-state index contributed by atoms with van der Waals surface area (Å²) in [5, 5.41) is 0.256. The normalized spacial score (nSPS) is 21.4. The molecule has 0 heterocycles. The molecule has 2 aromatic carbocycles. The highest BCUT2D eigenvalue weighted by Crippen LogP contribution is 2.34. The molecule has 2 aromatic rings. The minimum atomic E-state index is -3.50. The Balaban J connectivity index is 1.81. The fourth-order valence-electron chi connectivity index (χ4n) is 3.56. The van der Waals surface area contributed by atoms with Crippen LogP contribution in [0.5, 0.6) is 0 Å². The lowest BCUT2D eigenvalue weighted by atomic mass is 9.97. The molecule has 5 heteroatoms. The Morgan fingerprint density at radius 1 is 0.889 bits per heavy atom. The van der Waals surface area contributed by atoms with E-state index in [-0.39, 0.29) is 11.3 Å². The lowest BCUT2D eigenvalue weighted by Crippen LogP contribution is -2.42. The average Bonchev–Trinajstić information content (AvgIpc) is 2.62. The summed E-state index contributed by atoms with van der Waals surface area (Å²) in [4.78, 5) is 1.61. The average molecular weight is 404 g/mol. The van der Waals surface area contributed by atoms with Crippen molar-refractivity contribution in [2.45, 2.75) is 73.5 Å². The molecule has 0 unspecified atom stereocenters. The molecule has 0 radical (unpaired) electrons. The Labute approximate surface area is 168 Å². The molecule has 2 atom stereocenters. The van der Waals surface area contributed by atoms with Crippen LogP contribution >= 0.6 is 11.8 Å². The summed E-state index contributed by atoms with van der Waals surface area (Å²) in [6.45, 7) is 4.09. The van der Waals surface area contributed by atoms with Gasteiger partial charge in [-0.2, -0.15) is 0 Å². The van der Waals surface area contributed by atoms with Gasteiger partial charge in [-0.1, -0.05) is 61.6 Å². The number of sulfonamides is 1. The third-order valence-electron chi connectivity index (χ3n) is 5.21. The zero-order valence-corrected chi connectivity index (χ0v) is 17.8. The first-order chi connectivity index (χ1) is 13.0. The van der Waals surface area contributed by atoms with E-state index in [2.05, 4.69) is 35.9 Å². The smallest absolute Gasteiger partial charge is 0.207 e. The standard InChI is InChI=1S/C22H29NO2S2/c1-17-13-15-19(16-14-17)27(24,25)23-20-10-5-3-4-6-12-22(20)26-21-11-8-7-9-18(21)2/h7-9,11,13-16,20,22-23H,3-6,10,12H2,1-2H3/t20-,22-/m1/s1. The van der Waals surface area contributed by atoms with Crippen LogP contribution in [-0.2, 0) is 10.0 Å². The van der Waals surface area contributed by atoms with Gasteiger partial charge in [0.15, 0.2) is 0 Å². The van der Waals surface area contributed by atoms with E-state index in [0.29, 0.717) is 4.90 Å². The molecule has 3 nitrogen and oxygen atoms in total. The maximum atomic E-state index is 13.0. The van der Waals surface area contributed by atoms with Gasteiger partial charge in [0.2, 0.25) is 10.0 Å². The Kier molecular flexibility index (Phi) is 7.01. The highest BCUT2D eigenvalue weighted by atomic mass is 32.2. The molecule has 1 N–H and O–H groups in total. The Morgan fingerprint density at radius 2 is 1.56 bits per heavy atom. The van der Waals surface area contributed by atoms with Crippen LogP contribution < -0.4 is 4.72 Å². The minimum absolute atomic E-state index is 0.0405. The summed E-state index contributed by atoms with van der Waals surface area (Å²) in [6.07, 6.45) is 6.60. The number of thioether (sulfide) groups is 1. The van der Waals surface area contributed by atoms with Crippen LogP contribution in [0.15, 0.2) is 58.3 Å². The molecule has 3 rings (SSSR count). The van der Waals surface area contributed by atoms with Gasteiger partial charge in [-0.15, -0.1) is 11.8 Å². The minimum Gasteiger partial charge on any atom is -0.207 e. The van der Waals surface area contributed by atoms with Gasteiger partial charge in [0.25, 0.3) is 0 Å². The maximum Gasteiger partial charge on any atom is 0.240 e. The van der Waals surface area contributed by atoms with E-state index in [1.165, 1.54) is 23.3 Å². The van der Waals surface area contributed by atoms with E-state index in [9.17, 15) is 8.42 Å². The number of nitrogens with one attached hydrogen (secondary N) is 1. The van der Waals surface area contributed by atoms with Gasteiger partial charge >= 0.3 is 0 Å². The molecule has 1 aliphatic rings. The van der Waals surface area contributed by atoms with Crippen molar-refractivity contribution < 1.29 is 8.42 Å². The predicted molar refractivity (Wildman–Crippen MR) is 114 cm³/mol. The van der Waals surface area contributed by atoms with Crippen LogP contribution in [0.3, 0.4) is 0 Å². The number of aryl methyl sites for hydroxylation is 2. The van der Waals surface area contributed by atoms with Crippen molar-refractivity contribution in [1.29, 1.82) is 0 Å². The van der Waals surface area contributed by atoms with Gasteiger partial charge < -0.3 is 0 Å². The van der Waals surface area contributed by atoms with Crippen molar-refractivity contribution >= 4 is 21.8 Å². The monoisotopic (exact) mass is 403 g/mol. The van der Waals surface area contributed by atoms with Gasteiger partial charge in [0.1, 0.15) is 0 Å². The fourth-order valence-corrected chi connectivity index (χ4v) is 6.35. The van der Waals surface area contributed by atoms with Crippen molar-refractivity contribution in [2.24, 2.45) is 0 Å². The molecule has 0 bridgehead atoms. The molecule has 0 saturated heterocycles. The summed E-state index contributed by atoms with van der Waals surface area (Å²) in [6, 6.07) is 15.4. The number of hydrogen-bond donors (Lipinski definition) is 1. The van der Waals surface area contributed by atoms with Crippen LogP contribution in [0, 0.1) is 13.8 Å². The lowest BCUT2D eigenvalue weighted by molar-refractivity contribution is 0.435. The van der Waals surface area contributed by atoms with Crippen LogP contribution in [0.1, 0.15) is 49.7 Å². The predicted octanol–water partition coefficient (Wildman–Crippen LogP) is 5.47. The Hall–Kier alpha value is -1.30. The molecule has 27 heavy (non-hydrogen) atoms. The molecule has 0 aliphatic heterocycles. The summed E-state index contributed by atoms with van der Waals surface area (Å²) in [5.74, 6) is 0.